The number of hydrogen-bond acceptors (Lipinski definition) is 3. The third-order valence-electron chi connectivity index (χ3n) is 2.70. The highest BCUT2D eigenvalue weighted by Crippen LogP contribution is 2.36. The van der Waals surface area contributed by atoms with Gasteiger partial charge in [-0.25, -0.2) is 0 Å². The summed E-state index contributed by atoms with van der Waals surface area (Å²) in [5.74, 6) is 0. The lowest BCUT2D eigenvalue weighted by molar-refractivity contribution is -0.129. The summed E-state index contributed by atoms with van der Waals surface area (Å²) in [7, 11) is 0. The van der Waals surface area contributed by atoms with E-state index in [-0.39, 0.29) is 11.1 Å². The average Bonchev–Trinajstić information content (AvgIpc) is 2.59. The van der Waals surface area contributed by atoms with Gasteiger partial charge in [0.05, 0.1) is 15.8 Å². The largest absolute Gasteiger partial charge is 0.355 e. The lowest BCUT2D eigenvalue weighted by Gasteiger charge is -2.42. The molecule has 0 radical (unpaired) electrons. The van der Waals surface area contributed by atoms with Crippen LogP contribution < -0.4 is 5.32 Å². The van der Waals surface area contributed by atoms with Gasteiger partial charge >= 0.3 is 0 Å². The molecule has 2 nitrogen and oxygen atoms in total. The molecule has 4 heteroatoms. The summed E-state index contributed by atoms with van der Waals surface area (Å²) in [5.41, 5.74) is -0.159. The molecule has 1 unspecified atom stereocenters. The Kier molecular flexibility index (Phi) is 2.84. The van der Waals surface area contributed by atoms with Gasteiger partial charge in [0.25, 0.3) is 0 Å². The Bertz CT molecular complexity index is 351. The minimum atomic E-state index is -0.368. The first-order valence-electron chi connectivity index (χ1n) is 5.06. The van der Waals surface area contributed by atoms with Gasteiger partial charge in [-0.05, 0) is 19.1 Å². The smallest absolute Gasteiger partial charge is 0.151 e. The average molecular weight is 246 g/mol. The normalized spacial score (nSPS) is 30.4. The van der Waals surface area contributed by atoms with E-state index in [9.17, 15) is 0 Å². The van der Waals surface area contributed by atoms with E-state index in [0.717, 1.165) is 22.4 Å². The van der Waals surface area contributed by atoms with Gasteiger partial charge in [-0.2, -0.15) is 0 Å². The van der Waals surface area contributed by atoms with E-state index >= 15 is 0 Å². The van der Waals surface area contributed by atoms with Gasteiger partial charge in [-0.1, -0.05) is 25.4 Å². The Labute approximate surface area is 99.6 Å². The molecule has 1 fully saturated rings. The van der Waals surface area contributed by atoms with Crippen molar-refractivity contribution in [2.24, 2.45) is 5.41 Å². The van der Waals surface area contributed by atoms with Crippen molar-refractivity contribution in [1.82, 2.24) is 5.32 Å². The van der Waals surface area contributed by atoms with Crippen LogP contribution in [0.5, 0.6) is 0 Å². The predicted molar refractivity (Wildman–Crippen MR) is 64.4 cm³/mol. The lowest BCUT2D eigenvalue weighted by atomic mass is 9.92. The maximum absolute atomic E-state index is 5.93. The molecule has 0 bridgehead atoms. The Hall–Kier alpha value is -0.0900. The van der Waals surface area contributed by atoms with E-state index in [1.807, 2.05) is 12.1 Å². The predicted octanol–water partition coefficient (Wildman–Crippen LogP) is 3.22. The van der Waals surface area contributed by atoms with Crippen LogP contribution in [0.3, 0.4) is 0 Å². The van der Waals surface area contributed by atoms with Gasteiger partial charge in [-0.3, -0.25) is 5.32 Å². The molecule has 0 saturated carbocycles. The Morgan fingerprint density at radius 1 is 1.40 bits per heavy atom. The molecule has 2 heterocycles. The number of thiophene rings is 1. The van der Waals surface area contributed by atoms with Crippen LogP contribution in [-0.4, -0.2) is 13.2 Å². The first-order chi connectivity index (χ1) is 6.91. The minimum Gasteiger partial charge on any atom is -0.355 e. The summed E-state index contributed by atoms with van der Waals surface area (Å²) in [6, 6.07) is 3.94. The maximum Gasteiger partial charge on any atom is 0.151 e. The monoisotopic (exact) mass is 245 g/mol. The van der Waals surface area contributed by atoms with Crippen molar-refractivity contribution >= 4 is 22.9 Å². The fourth-order valence-corrected chi connectivity index (χ4v) is 2.70. The van der Waals surface area contributed by atoms with Crippen LogP contribution in [0, 0.1) is 5.41 Å². The standard InChI is InChI=1S/C11H16ClNOS/c1-10(2)6-13-11(3,14-7-10)8-4-5-9(12)15-8/h4-5,13H,6-7H2,1-3H3. The summed E-state index contributed by atoms with van der Waals surface area (Å²) in [6.07, 6.45) is 0. The molecule has 1 aliphatic rings. The van der Waals surface area contributed by atoms with Gasteiger partial charge in [0.1, 0.15) is 0 Å². The molecule has 1 aromatic rings. The van der Waals surface area contributed by atoms with Gasteiger partial charge in [0.15, 0.2) is 5.72 Å². The molecule has 1 aliphatic heterocycles. The van der Waals surface area contributed by atoms with Crippen LogP contribution in [0.15, 0.2) is 12.1 Å². The van der Waals surface area contributed by atoms with E-state index in [1.165, 1.54) is 0 Å². The van der Waals surface area contributed by atoms with E-state index in [4.69, 9.17) is 16.3 Å². The van der Waals surface area contributed by atoms with Gasteiger partial charge in [-0.15, -0.1) is 11.3 Å². The van der Waals surface area contributed by atoms with Crippen molar-refractivity contribution in [2.45, 2.75) is 26.5 Å². The molecule has 0 aliphatic carbocycles. The zero-order chi connectivity index (χ0) is 11.1. The van der Waals surface area contributed by atoms with Crippen LogP contribution in [0.4, 0.5) is 0 Å². The second-order valence-corrected chi connectivity index (χ2v) is 6.66. The topological polar surface area (TPSA) is 21.3 Å². The number of hydrogen-bond donors (Lipinski definition) is 1. The molecular weight excluding hydrogens is 230 g/mol. The van der Waals surface area contributed by atoms with Gasteiger partial charge in [0.2, 0.25) is 0 Å². The van der Waals surface area contributed by atoms with Crippen molar-refractivity contribution in [3.8, 4) is 0 Å². The minimum absolute atomic E-state index is 0.209. The molecule has 0 amide bonds. The Balaban J connectivity index is 2.16. The number of halogens is 1. The lowest BCUT2D eigenvalue weighted by Crippen LogP contribution is -2.53. The summed E-state index contributed by atoms with van der Waals surface area (Å²) in [4.78, 5) is 1.14. The van der Waals surface area contributed by atoms with E-state index < -0.39 is 0 Å². The van der Waals surface area contributed by atoms with Gasteiger partial charge < -0.3 is 4.74 Å². The second-order valence-electron chi connectivity index (χ2n) is 4.94. The molecule has 0 aromatic carbocycles. The third-order valence-corrected chi connectivity index (χ3v) is 4.13. The molecule has 1 N–H and O–H groups in total. The fourth-order valence-electron chi connectivity index (χ4n) is 1.58. The first kappa shape index (κ1) is 11.4. The van der Waals surface area contributed by atoms with Crippen molar-refractivity contribution in [1.29, 1.82) is 0 Å². The highest BCUT2D eigenvalue weighted by Gasteiger charge is 2.37. The molecular formula is C11H16ClNOS. The second kappa shape index (κ2) is 3.74. The molecule has 15 heavy (non-hydrogen) atoms. The summed E-state index contributed by atoms with van der Waals surface area (Å²) < 4.78 is 6.73. The highest BCUT2D eigenvalue weighted by molar-refractivity contribution is 7.16. The molecule has 2 rings (SSSR count). The summed E-state index contributed by atoms with van der Waals surface area (Å²) >= 11 is 7.50. The van der Waals surface area contributed by atoms with E-state index in [1.54, 1.807) is 11.3 Å². The van der Waals surface area contributed by atoms with E-state index in [2.05, 4.69) is 26.1 Å². The third kappa shape index (κ3) is 2.36. The SMILES string of the molecule is CC1(C)CNC(C)(c2ccc(Cl)s2)OC1. The van der Waals surface area contributed by atoms with Crippen LogP contribution in [0.2, 0.25) is 4.34 Å². The van der Waals surface area contributed by atoms with Crippen LogP contribution in [0.25, 0.3) is 0 Å². The van der Waals surface area contributed by atoms with Crippen molar-refractivity contribution in [3.05, 3.63) is 21.3 Å². The van der Waals surface area contributed by atoms with E-state index in [0.29, 0.717) is 0 Å². The van der Waals surface area contributed by atoms with Crippen molar-refractivity contribution in [3.63, 3.8) is 0 Å². The fraction of sp³-hybridized carbons (Fsp3) is 0.636. The summed E-state index contributed by atoms with van der Waals surface area (Å²) in [6.45, 7) is 8.18. The zero-order valence-electron chi connectivity index (χ0n) is 9.26. The highest BCUT2D eigenvalue weighted by atomic mass is 35.5. The molecule has 1 atom stereocenters. The summed E-state index contributed by atoms with van der Waals surface area (Å²) in [5, 5.41) is 3.44. The van der Waals surface area contributed by atoms with Crippen molar-refractivity contribution < 1.29 is 4.74 Å². The molecule has 1 aromatic heterocycles. The number of nitrogens with one attached hydrogen (secondary N) is 1. The Morgan fingerprint density at radius 2 is 2.13 bits per heavy atom. The first-order valence-corrected chi connectivity index (χ1v) is 6.26. The quantitative estimate of drug-likeness (QED) is 0.820. The zero-order valence-corrected chi connectivity index (χ0v) is 10.8. The van der Waals surface area contributed by atoms with Crippen LogP contribution >= 0.6 is 22.9 Å². The Morgan fingerprint density at radius 3 is 2.60 bits per heavy atom. The molecule has 1 saturated heterocycles. The molecule has 0 spiro atoms. The van der Waals surface area contributed by atoms with Crippen LogP contribution in [-0.2, 0) is 10.5 Å². The number of ether oxygens (including phenoxy) is 1. The van der Waals surface area contributed by atoms with Gasteiger partial charge in [0, 0.05) is 12.0 Å². The van der Waals surface area contributed by atoms with Crippen molar-refractivity contribution in [2.75, 3.05) is 13.2 Å². The van der Waals surface area contributed by atoms with Crippen LogP contribution in [0.1, 0.15) is 25.6 Å². The molecule has 84 valence electrons. The number of rotatable bonds is 1. The maximum atomic E-state index is 5.93.